The number of nitrogens with two attached hydrogens (primary N) is 1. The first-order chi connectivity index (χ1) is 8.81. The molecular formula is C14H14N2OS. The highest BCUT2D eigenvalue weighted by Crippen LogP contribution is 2.41. The van der Waals surface area contributed by atoms with Gasteiger partial charge in [-0.25, -0.2) is 0 Å². The summed E-state index contributed by atoms with van der Waals surface area (Å²) in [6, 6.07) is 12.2. The van der Waals surface area contributed by atoms with E-state index in [0.29, 0.717) is 6.54 Å². The van der Waals surface area contributed by atoms with Gasteiger partial charge < -0.3 is 16.2 Å². The molecule has 1 heterocycles. The van der Waals surface area contributed by atoms with Crippen molar-refractivity contribution in [3.63, 3.8) is 0 Å². The SMILES string of the molecule is Nc1ccc(NCCO)c2c1sc1ccccc12. The second-order valence-corrected chi connectivity index (χ2v) is 5.21. The molecular weight excluding hydrogens is 244 g/mol. The summed E-state index contributed by atoms with van der Waals surface area (Å²) in [4.78, 5) is 0. The van der Waals surface area contributed by atoms with Gasteiger partial charge in [0, 0.05) is 33.4 Å². The van der Waals surface area contributed by atoms with E-state index in [1.165, 1.54) is 10.1 Å². The summed E-state index contributed by atoms with van der Waals surface area (Å²) in [6.45, 7) is 0.664. The number of aliphatic hydroxyl groups excluding tert-OH is 1. The highest BCUT2D eigenvalue weighted by molar-refractivity contribution is 7.26. The van der Waals surface area contributed by atoms with Crippen LogP contribution in [-0.4, -0.2) is 18.3 Å². The average Bonchev–Trinajstić information content (AvgIpc) is 2.79. The molecule has 0 aliphatic heterocycles. The van der Waals surface area contributed by atoms with Gasteiger partial charge in [0.05, 0.1) is 11.3 Å². The van der Waals surface area contributed by atoms with E-state index in [1.54, 1.807) is 11.3 Å². The zero-order chi connectivity index (χ0) is 12.5. The van der Waals surface area contributed by atoms with Crippen molar-refractivity contribution in [2.24, 2.45) is 0 Å². The third-order valence-corrected chi connectivity index (χ3v) is 4.20. The van der Waals surface area contributed by atoms with Crippen molar-refractivity contribution in [1.82, 2.24) is 0 Å². The number of rotatable bonds is 3. The molecule has 0 aliphatic carbocycles. The quantitative estimate of drug-likeness (QED) is 0.633. The highest BCUT2D eigenvalue weighted by atomic mass is 32.1. The maximum atomic E-state index is 8.93. The molecule has 0 spiro atoms. The molecule has 0 radical (unpaired) electrons. The third-order valence-electron chi connectivity index (χ3n) is 2.98. The first-order valence-electron chi connectivity index (χ1n) is 5.85. The van der Waals surface area contributed by atoms with Crippen LogP contribution in [0.15, 0.2) is 36.4 Å². The Morgan fingerprint density at radius 1 is 1.17 bits per heavy atom. The third kappa shape index (κ3) is 1.70. The van der Waals surface area contributed by atoms with E-state index in [-0.39, 0.29) is 6.61 Å². The van der Waals surface area contributed by atoms with Gasteiger partial charge in [0.25, 0.3) is 0 Å². The highest BCUT2D eigenvalue weighted by Gasteiger charge is 2.11. The predicted molar refractivity (Wildman–Crippen MR) is 79.3 cm³/mol. The number of anilines is 2. The zero-order valence-electron chi connectivity index (χ0n) is 9.81. The van der Waals surface area contributed by atoms with Gasteiger partial charge in [0.1, 0.15) is 0 Å². The van der Waals surface area contributed by atoms with Gasteiger partial charge in [-0.1, -0.05) is 18.2 Å². The van der Waals surface area contributed by atoms with Gasteiger partial charge >= 0.3 is 0 Å². The average molecular weight is 258 g/mol. The van der Waals surface area contributed by atoms with Crippen molar-refractivity contribution in [1.29, 1.82) is 0 Å². The Bertz CT molecular complexity index is 705. The van der Waals surface area contributed by atoms with Crippen LogP contribution in [0.1, 0.15) is 0 Å². The minimum Gasteiger partial charge on any atom is -0.398 e. The van der Waals surface area contributed by atoms with E-state index in [9.17, 15) is 0 Å². The van der Waals surface area contributed by atoms with Crippen molar-refractivity contribution in [3.8, 4) is 0 Å². The molecule has 0 fully saturated rings. The second-order valence-electron chi connectivity index (χ2n) is 4.16. The van der Waals surface area contributed by atoms with Gasteiger partial charge in [-0.3, -0.25) is 0 Å². The second kappa shape index (κ2) is 4.48. The molecule has 0 aliphatic rings. The molecule has 4 heteroatoms. The molecule has 0 saturated heterocycles. The monoisotopic (exact) mass is 258 g/mol. The summed E-state index contributed by atoms with van der Waals surface area (Å²) in [5, 5.41) is 14.5. The molecule has 3 aromatic rings. The van der Waals surface area contributed by atoms with Gasteiger partial charge in [-0.2, -0.15) is 0 Å². The first-order valence-corrected chi connectivity index (χ1v) is 6.67. The predicted octanol–water partition coefficient (Wildman–Crippen LogP) is 3.04. The van der Waals surface area contributed by atoms with Crippen molar-refractivity contribution in [3.05, 3.63) is 36.4 Å². The number of aliphatic hydroxyl groups is 1. The summed E-state index contributed by atoms with van der Waals surface area (Å²) in [6.07, 6.45) is 0. The number of nitrogens with one attached hydrogen (secondary N) is 1. The molecule has 4 N–H and O–H groups in total. The number of thiophene rings is 1. The molecule has 3 nitrogen and oxygen atoms in total. The molecule has 2 aromatic carbocycles. The van der Waals surface area contributed by atoms with E-state index in [1.807, 2.05) is 24.3 Å². The molecule has 1 aromatic heterocycles. The Hall–Kier alpha value is -1.78. The Morgan fingerprint density at radius 3 is 2.83 bits per heavy atom. The Labute approximate surface area is 109 Å². The lowest BCUT2D eigenvalue weighted by Crippen LogP contribution is -2.05. The molecule has 3 rings (SSSR count). The van der Waals surface area contributed by atoms with Crippen molar-refractivity contribution >= 4 is 42.9 Å². The number of hydrogen-bond donors (Lipinski definition) is 3. The smallest absolute Gasteiger partial charge is 0.0605 e. The van der Waals surface area contributed by atoms with Crippen LogP contribution in [0.25, 0.3) is 20.2 Å². The first kappa shape index (κ1) is 11.3. The van der Waals surface area contributed by atoms with Crippen LogP contribution >= 0.6 is 11.3 Å². The summed E-state index contributed by atoms with van der Waals surface area (Å²) in [7, 11) is 0. The summed E-state index contributed by atoms with van der Waals surface area (Å²) in [5.74, 6) is 0. The molecule has 0 amide bonds. The van der Waals surface area contributed by atoms with Crippen LogP contribution in [-0.2, 0) is 0 Å². The van der Waals surface area contributed by atoms with E-state index in [2.05, 4.69) is 17.4 Å². The van der Waals surface area contributed by atoms with E-state index >= 15 is 0 Å². The lowest BCUT2D eigenvalue weighted by atomic mass is 10.1. The van der Waals surface area contributed by atoms with Crippen molar-refractivity contribution in [2.45, 2.75) is 0 Å². The van der Waals surface area contributed by atoms with Crippen LogP contribution in [0, 0.1) is 0 Å². The number of hydrogen-bond acceptors (Lipinski definition) is 4. The maximum Gasteiger partial charge on any atom is 0.0605 e. The lowest BCUT2D eigenvalue weighted by molar-refractivity contribution is 0.311. The van der Waals surface area contributed by atoms with Crippen molar-refractivity contribution < 1.29 is 5.11 Å². The number of fused-ring (bicyclic) bond motifs is 3. The van der Waals surface area contributed by atoms with Crippen LogP contribution < -0.4 is 11.1 Å². The normalized spacial score (nSPS) is 11.2. The fraction of sp³-hybridized carbons (Fsp3) is 0.143. The molecule has 0 unspecified atom stereocenters. The Morgan fingerprint density at radius 2 is 2.00 bits per heavy atom. The molecule has 18 heavy (non-hydrogen) atoms. The molecule has 92 valence electrons. The van der Waals surface area contributed by atoms with Gasteiger partial charge in [0.15, 0.2) is 0 Å². The largest absolute Gasteiger partial charge is 0.398 e. The van der Waals surface area contributed by atoms with Crippen LogP contribution in [0.3, 0.4) is 0 Å². The van der Waals surface area contributed by atoms with E-state index in [4.69, 9.17) is 10.8 Å². The van der Waals surface area contributed by atoms with Crippen LogP contribution in [0.4, 0.5) is 11.4 Å². The Balaban J connectivity index is 2.33. The lowest BCUT2D eigenvalue weighted by Gasteiger charge is -2.07. The summed E-state index contributed by atoms with van der Waals surface area (Å²) < 4.78 is 2.34. The number of nitrogen functional groups attached to an aromatic ring is 1. The molecule has 0 bridgehead atoms. The molecule has 0 atom stereocenters. The van der Waals surface area contributed by atoms with Crippen LogP contribution in [0.2, 0.25) is 0 Å². The van der Waals surface area contributed by atoms with Gasteiger partial charge in [-0.15, -0.1) is 11.3 Å². The van der Waals surface area contributed by atoms with Crippen LogP contribution in [0.5, 0.6) is 0 Å². The molecule has 0 saturated carbocycles. The standard InChI is InChI=1S/C14H14N2OS/c15-10-5-6-11(16-7-8-17)13-9-3-1-2-4-12(9)18-14(10)13/h1-6,16-17H,7-8,15H2. The fourth-order valence-electron chi connectivity index (χ4n) is 2.19. The summed E-state index contributed by atoms with van der Waals surface area (Å²) >= 11 is 1.71. The maximum absolute atomic E-state index is 8.93. The van der Waals surface area contributed by atoms with Gasteiger partial charge in [-0.05, 0) is 18.2 Å². The number of benzene rings is 2. The minimum absolute atomic E-state index is 0.119. The Kier molecular flexibility index (Phi) is 2.81. The topological polar surface area (TPSA) is 58.3 Å². The van der Waals surface area contributed by atoms with E-state index < -0.39 is 0 Å². The van der Waals surface area contributed by atoms with Gasteiger partial charge in [0.2, 0.25) is 0 Å². The zero-order valence-corrected chi connectivity index (χ0v) is 10.6. The minimum atomic E-state index is 0.119. The van der Waals surface area contributed by atoms with Crippen molar-refractivity contribution in [2.75, 3.05) is 24.2 Å². The van der Waals surface area contributed by atoms with E-state index in [0.717, 1.165) is 21.5 Å². The summed E-state index contributed by atoms with van der Waals surface area (Å²) in [5.41, 5.74) is 7.89. The fourth-order valence-corrected chi connectivity index (χ4v) is 3.34.